The van der Waals surface area contributed by atoms with E-state index < -0.39 is 0 Å². The zero-order valence-corrected chi connectivity index (χ0v) is 14.2. The third-order valence-corrected chi connectivity index (χ3v) is 5.14. The summed E-state index contributed by atoms with van der Waals surface area (Å²) in [6.07, 6.45) is 7.64. The van der Waals surface area contributed by atoms with Gasteiger partial charge in [-0.1, -0.05) is 25.0 Å². The van der Waals surface area contributed by atoms with Gasteiger partial charge in [0.2, 0.25) is 11.8 Å². The molecule has 0 radical (unpaired) electrons. The molecule has 2 N–H and O–H groups in total. The van der Waals surface area contributed by atoms with Crippen LogP contribution in [0.2, 0.25) is 0 Å². The van der Waals surface area contributed by atoms with Crippen LogP contribution in [-0.4, -0.2) is 23.0 Å². The first-order chi connectivity index (χ1) is 12.3. The number of nitrogens with one attached hydrogen (secondary N) is 2. The summed E-state index contributed by atoms with van der Waals surface area (Å²) in [6, 6.07) is 13.4. The van der Waals surface area contributed by atoms with Gasteiger partial charge in [-0.05, 0) is 43.4 Å². The van der Waals surface area contributed by atoms with Gasteiger partial charge in [0.25, 0.3) is 0 Å². The zero-order chi connectivity index (χ0) is 17.1. The summed E-state index contributed by atoms with van der Waals surface area (Å²) < 4.78 is 5.73. The minimum absolute atomic E-state index is 0.0457. The highest BCUT2D eigenvalue weighted by Crippen LogP contribution is 2.33. The number of ether oxygens (including phenoxy) is 1. The highest BCUT2D eigenvalue weighted by atomic mass is 16.5. The van der Waals surface area contributed by atoms with E-state index in [2.05, 4.69) is 15.6 Å². The van der Waals surface area contributed by atoms with Gasteiger partial charge in [-0.25, -0.2) is 4.98 Å². The van der Waals surface area contributed by atoms with Crippen LogP contribution in [0.15, 0.2) is 48.7 Å². The average Bonchev–Trinajstić information content (AvgIpc) is 3.07. The largest absolute Gasteiger partial charge is 0.439 e. The number of pyridine rings is 1. The second-order valence-electron chi connectivity index (χ2n) is 6.89. The summed E-state index contributed by atoms with van der Waals surface area (Å²) >= 11 is 0. The van der Waals surface area contributed by atoms with Gasteiger partial charge in [-0.15, -0.1) is 0 Å². The van der Waals surface area contributed by atoms with E-state index in [1.165, 1.54) is 25.7 Å². The van der Waals surface area contributed by atoms with E-state index >= 15 is 0 Å². The molecular weight excluding hydrogens is 314 g/mol. The second-order valence-corrected chi connectivity index (χ2v) is 6.89. The van der Waals surface area contributed by atoms with Crippen LogP contribution < -0.4 is 15.4 Å². The summed E-state index contributed by atoms with van der Waals surface area (Å²) in [5.41, 5.74) is 0.745. The number of hydrogen-bond donors (Lipinski definition) is 2. The first-order valence-corrected chi connectivity index (χ1v) is 9.04. The quantitative estimate of drug-likeness (QED) is 0.892. The lowest BCUT2D eigenvalue weighted by molar-refractivity contribution is -0.117. The van der Waals surface area contributed by atoms with E-state index in [0.717, 1.165) is 12.1 Å². The molecule has 3 unspecified atom stereocenters. The van der Waals surface area contributed by atoms with Crippen LogP contribution in [0, 0.1) is 5.92 Å². The third-order valence-electron chi connectivity index (χ3n) is 5.14. The monoisotopic (exact) mass is 337 g/mol. The fraction of sp³-hybridized carbons (Fsp3) is 0.400. The summed E-state index contributed by atoms with van der Waals surface area (Å²) in [7, 11) is 0. The van der Waals surface area contributed by atoms with Crippen LogP contribution >= 0.6 is 0 Å². The number of benzene rings is 1. The molecule has 1 aromatic heterocycles. The van der Waals surface area contributed by atoms with Gasteiger partial charge < -0.3 is 15.4 Å². The molecule has 2 aromatic rings. The van der Waals surface area contributed by atoms with Gasteiger partial charge in [0, 0.05) is 30.1 Å². The molecule has 25 heavy (non-hydrogen) atoms. The molecule has 0 bridgehead atoms. The Morgan fingerprint density at radius 2 is 2.08 bits per heavy atom. The minimum atomic E-state index is -0.0894. The van der Waals surface area contributed by atoms with Crippen molar-refractivity contribution in [3.8, 4) is 11.6 Å². The predicted molar refractivity (Wildman–Crippen MR) is 96.7 cm³/mol. The van der Waals surface area contributed by atoms with Crippen molar-refractivity contribution in [2.24, 2.45) is 5.92 Å². The van der Waals surface area contributed by atoms with Gasteiger partial charge in [0.15, 0.2) is 0 Å². The molecule has 1 saturated carbocycles. The number of nitrogens with zero attached hydrogens (tertiary/aromatic N) is 1. The van der Waals surface area contributed by atoms with Crippen LogP contribution in [0.1, 0.15) is 32.1 Å². The molecule has 5 nitrogen and oxygen atoms in total. The van der Waals surface area contributed by atoms with Crippen molar-refractivity contribution in [3.63, 3.8) is 0 Å². The normalized spacial score (nSPS) is 25.2. The van der Waals surface area contributed by atoms with Gasteiger partial charge in [-0.2, -0.15) is 0 Å². The number of hydrogen-bond acceptors (Lipinski definition) is 4. The van der Waals surface area contributed by atoms with Crippen molar-refractivity contribution in [1.29, 1.82) is 0 Å². The van der Waals surface area contributed by atoms with Crippen molar-refractivity contribution < 1.29 is 9.53 Å². The molecule has 3 atom stereocenters. The van der Waals surface area contributed by atoms with E-state index in [4.69, 9.17) is 4.74 Å². The number of carbonyl (C=O) groups excluding carboxylic acids is 1. The smallest absolute Gasteiger partial charge is 0.241 e. The topological polar surface area (TPSA) is 63.2 Å². The minimum Gasteiger partial charge on any atom is -0.439 e. The Balaban J connectivity index is 1.39. The Morgan fingerprint density at radius 3 is 2.92 bits per heavy atom. The molecule has 0 spiro atoms. The maximum atomic E-state index is 12.6. The van der Waals surface area contributed by atoms with Crippen LogP contribution in [-0.2, 0) is 4.79 Å². The number of anilines is 1. The fourth-order valence-electron chi connectivity index (χ4n) is 3.92. The Kier molecular flexibility index (Phi) is 4.65. The summed E-state index contributed by atoms with van der Waals surface area (Å²) in [4.78, 5) is 16.8. The van der Waals surface area contributed by atoms with Gasteiger partial charge in [-0.3, -0.25) is 4.79 Å². The molecular formula is C20H23N3O2. The second kappa shape index (κ2) is 7.23. The van der Waals surface area contributed by atoms with E-state index in [1.54, 1.807) is 12.3 Å². The number of amides is 1. The number of aromatic nitrogens is 1. The first-order valence-electron chi connectivity index (χ1n) is 9.04. The standard InChI is InChI=1S/C20H23N3O2/c24-20(18-12-14-6-1-2-9-17(14)23-18)22-15-7-5-8-16(13-15)25-19-10-3-4-11-21-19/h3-5,7-8,10-11,13-14,17-18,23H,1-2,6,9,12H2,(H,22,24). The van der Waals surface area contributed by atoms with Gasteiger partial charge in [0.05, 0.1) is 6.04 Å². The molecule has 1 aliphatic heterocycles. The van der Waals surface area contributed by atoms with Gasteiger partial charge >= 0.3 is 0 Å². The van der Waals surface area contributed by atoms with Crippen molar-refractivity contribution in [3.05, 3.63) is 48.7 Å². The SMILES string of the molecule is O=C(Nc1cccc(Oc2ccccn2)c1)C1CC2CCCCC2N1. The molecule has 1 aliphatic carbocycles. The molecule has 1 aromatic carbocycles. The van der Waals surface area contributed by atoms with Crippen molar-refractivity contribution in [2.45, 2.75) is 44.2 Å². The van der Waals surface area contributed by atoms with Crippen LogP contribution in [0.25, 0.3) is 0 Å². The lowest BCUT2D eigenvalue weighted by Crippen LogP contribution is -2.39. The molecule has 5 heteroatoms. The van der Waals surface area contributed by atoms with E-state index in [0.29, 0.717) is 23.6 Å². The Bertz CT molecular complexity index is 721. The lowest BCUT2D eigenvalue weighted by atomic mass is 9.85. The van der Waals surface area contributed by atoms with Crippen LogP contribution in [0.4, 0.5) is 5.69 Å². The molecule has 1 amide bonds. The summed E-state index contributed by atoms with van der Waals surface area (Å²) in [5.74, 6) is 1.89. The molecule has 130 valence electrons. The third kappa shape index (κ3) is 3.82. The van der Waals surface area contributed by atoms with Crippen molar-refractivity contribution >= 4 is 11.6 Å². The Morgan fingerprint density at radius 1 is 1.16 bits per heavy atom. The zero-order valence-electron chi connectivity index (χ0n) is 14.2. The maximum Gasteiger partial charge on any atom is 0.241 e. The van der Waals surface area contributed by atoms with Crippen molar-refractivity contribution in [2.75, 3.05) is 5.32 Å². The molecule has 2 heterocycles. The molecule has 2 aliphatic rings. The summed E-state index contributed by atoms with van der Waals surface area (Å²) in [6.45, 7) is 0. The number of carbonyl (C=O) groups is 1. The maximum absolute atomic E-state index is 12.6. The number of rotatable bonds is 4. The number of fused-ring (bicyclic) bond motifs is 1. The highest BCUT2D eigenvalue weighted by Gasteiger charge is 2.38. The average molecular weight is 337 g/mol. The molecule has 1 saturated heterocycles. The molecule has 4 rings (SSSR count). The van der Waals surface area contributed by atoms with Crippen LogP contribution in [0.3, 0.4) is 0 Å². The Labute approximate surface area is 147 Å². The molecule has 2 fully saturated rings. The highest BCUT2D eigenvalue weighted by molar-refractivity contribution is 5.95. The first kappa shape index (κ1) is 16.1. The summed E-state index contributed by atoms with van der Waals surface area (Å²) in [5, 5.41) is 6.53. The lowest BCUT2D eigenvalue weighted by Gasteiger charge is -2.24. The van der Waals surface area contributed by atoms with E-state index in [-0.39, 0.29) is 11.9 Å². The van der Waals surface area contributed by atoms with Gasteiger partial charge in [0.1, 0.15) is 5.75 Å². The predicted octanol–water partition coefficient (Wildman–Crippen LogP) is 3.73. The Hall–Kier alpha value is -2.40. The van der Waals surface area contributed by atoms with E-state index in [9.17, 15) is 4.79 Å². The van der Waals surface area contributed by atoms with Crippen LogP contribution in [0.5, 0.6) is 11.6 Å². The van der Waals surface area contributed by atoms with Crippen molar-refractivity contribution in [1.82, 2.24) is 10.3 Å². The van der Waals surface area contributed by atoms with E-state index in [1.807, 2.05) is 36.4 Å². The fourth-order valence-corrected chi connectivity index (χ4v) is 3.92.